The molecule has 1 aromatic carbocycles. The van der Waals surface area contributed by atoms with Crippen LogP contribution in [0.25, 0.3) is 0 Å². The van der Waals surface area contributed by atoms with Gasteiger partial charge in [0.25, 0.3) is 0 Å². The lowest BCUT2D eigenvalue weighted by Gasteiger charge is -2.20. The second-order valence-corrected chi connectivity index (χ2v) is 6.07. The maximum absolute atomic E-state index is 12.1. The second kappa shape index (κ2) is 8.94. The lowest BCUT2D eigenvalue weighted by Crippen LogP contribution is -2.22. The van der Waals surface area contributed by atoms with E-state index in [1.807, 2.05) is 30.3 Å². The number of benzene rings is 1. The maximum Gasteiger partial charge on any atom is 0.234 e. The van der Waals surface area contributed by atoms with E-state index >= 15 is 0 Å². The first-order valence-electron chi connectivity index (χ1n) is 8.20. The molecule has 1 aliphatic carbocycles. The highest BCUT2D eigenvalue weighted by Gasteiger charge is 2.17. The van der Waals surface area contributed by atoms with Gasteiger partial charge in [0.05, 0.1) is 6.07 Å². The highest BCUT2D eigenvalue weighted by atomic mass is 16.2. The van der Waals surface area contributed by atoms with Crippen molar-refractivity contribution in [3.63, 3.8) is 0 Å². The average Bonchev–Trinajstić information content (AvgIpc) is 2.54. The average molecular weight is 313 g/mol. The summed E-state index contributed by atoms with van der Waals surface area (Å²) in [5.74, 6) is 0.277. The second-order valence-electron chi connectivity index (χ2n) is 6.07. The molecule has 1 saturated carbocycles. The van der Waals surface area contributed by atoms with Crippen molar-refractivity contribution in [2.75, 3.05) is 5.32 Å². The van der Waals surface area contributed by atoms with Gasteiger partial charge in [-0.2, -0.15) is 5.26 Å². The Morgan fingerprint density at radius 1 is 1.17 bits per heavy atom. The van der Waals surface area contributed by atoms with Crippen molar-refractivity contribution in [3.05, 3.63) is 29.8 Å². The molecule has 0 bridgehead atoms. The zero-order chi connectivity index (χ0) is 16.5. The van der Waals surface area contributed by atoms with Gasteiger partial charge in [-0.25, -0.2) is 0 Å². The number of nitriles is 1. The molecule has 2 N–H and O–H groups in total. The SMILES string of the molecule is N#CCC(=O)NCc1cccc(NC(=O)CC2CCCCC2)c1. The Hall–Kier alpha value is -2.35. The van der Waals surface area contributed by atoms with Crippen LogP contribution in [-0.4, -0.2) is 11.8 Å². The fraction of sp³-hybridized carbons (Fsp3) is 0.500. The molecule has 0 aromatic heterocycles. The minimum Gasteiger partial charge on any atom is -0.351 e. The van der Waals surface area contributed by atoms with Gasteiger partial charge in [-0.05, 0) is 36.5 Å². The maximum atomic E-state index is 12.1. The number of carbonyl (C=O) groups excluding carboxylic acids is 2. The quantitative estimate of drug-likeness (QED) is 0.846. The molecule has 2 amide bonds. The van der Waals surface area contributed by atoms with Gasteiger partial charge < -0.3 is 10.6 Å². The van der Waals surface area contributed by atoms with Crippen LogP contribution in [-0.2, 0) is 16.1 Å². The molecule has 0 aliphatic heterocycles. The van der Waals surface area contributed by atoms with Crippen LogP contribution in [0.5, 0.6) is 0 Å². The number of rotatable bonds is 6. The lowest BCUT2D eigenvalue weighted by atomic mass is 9.87. The highest BCUT2D eigenvalue weighted by molar-refractivity contribution is 5.90. The number of hydrogen-bond acceptors (Lipinski definition) is 3. The monoisotopic (exact) mass is 313 g/mol. The summed E-state index contributed by atoms with van der Waals surface area (Å²) in [4.78, 5) is 23.4. The Morgan fingerprint density at radius 3 is 2.70 bits per heavy atom. The van der Waals surface area contributed by atoms with Crippen molar-refractivity contribution in [1.29, 1.82) is 5.26 Å². The molecule has 0 spiro atoms. The molecule has 0 radical (unpaired) electrons. The van der Waals surface area contributed by atoms with Crippen molar-refractivity contribution >= 4 is 17.5 Å². The molecule has 0 saturated heterocycles. The Kier molecular flexibility index (Phi) is 6.61. The van der Waals surface area contributed by atoms with Gasteiger partial charge >= 0.3 is 0 Å². The van der Waals surface area contributed by atoms with Crippen LogP contribution in [0, 0.1) is 17.2 Å². The summed E-state index contributed by atoms with van der Waals surface area (Å²) in [6.07, 6.45) is 6.50. The zero-order valence-corrected chi connectivity index (χ0v) is 13.3. The van der Waals surface area contributed by atoms with E-state index < -0.39 is 0 Å². The van der Waals surface area contributed by atoms with Crippen LogP contribution in [0.2, 0.25) is 0 Å². The molecule has 0 heterocycles. The number of carbonyl (C=O) groups is 2. The van der Waals surface area contributed by atoms with E-state index in [9.17, 15) is 9.59 Å². The number of anilines is 1. The number of nitrogens with one attached hydrogen (secondary N) is 2. The first-order valence-corrected chi connectivity index (χ1v) is 8.20. The summed E-state index contributed by atoms with van der Waals surface area (Å²) in [5, 5.41) is 14.1. The third kappa shape index (κ3) is 6.11. The van der Waals surface area contributed by atoms with Crippen LogP contribution < -0.4 is 10.6 Å². The van der Waals surface area contributed by atoms with Gasteiger partial charge in [-0.3, -0.25) is 9.59 Å². The molecule has 2 rings (SSSR count). The minimum absolute atomic E-state index is 0.0579. The van der Waals surface area contributed by atoms with E-state index in [-0.39, 0.29) is 18.2 Å². The van der Waals surface area contributed by atoms with E-state index in [1.54, 1.807) is 0 Å². The van der Waals surface area contributed by atoms with Crippen LogP contribution in [0.3, 0.4) is 0 Å². The van der Waals surface area contributed by atoms with Crippen LogP contribution in [0.15, 0.2) is 24.3 Å². The highest BCUT2D eigenvalue weighted by Crippen LogP contribution is 2.26. The van der Waals surface area contributed by atoms with Gasteiger partial charge in [0.15, 0.2) is 0 Å². The minimum atomic E-state index is -0.292. The largest absolute Gasteiger partial charge is 0.351 e. The summed E-state index contributed by atoms with van der Waals surface area (Å²) in [6, 6.07) is 9.24. The molecule has 23 heavy (non-hydrogen) atoms. The number of amides is 2. The topological polar surface area (TPSA) is 82.0 Å². The van der Waals surface area contributed by atoms with Gasteiger partial charge in [0.2, 0.25) is 11.8 Å². The first-order chi connectivity index (χ1) is 11.2. The Labute approximate surface area is 137 Å². The van der Waals surface area contributed by atoms with E-state index in [2.05, 4.69) is 10.6 Å². The zero-order valence-electron chi connectivity index (χ0n) is 13.3. The van der Waals surface area contributed by atoms with Crippen molar-refractivity contribution in [2.45, 2.75) is 51.5 Å². The summed E-state index contributed by atoms with van der Waals surface area (Å²) in [7, 11) is 0. The van der Waals surface area contributed by atoms with Crippen molar-refractivity contribution in [1.82, 2.24) is 5.32 Å². The van der Waals surface area contributed by atoms with Crippen LogP contribution >= 0.6 is 0 Å². The van der Waals surface area contributed by atoms with Gasteiger partial charge in [0, 0.05) is 18.7 Å². The van der Waals surface area contributed by atoms with Crippen LogP contribution in [0.4, 0.5) is 5.69 Å². The molecular formula is C18H23N3O2. The fourth-order valence-electron chi connectivity index (χ4n) is 2.96. The molecule has 1 aliphatic rings. The molecular weight excluding hydrogens is 290 g/mol. The molecule has 5 heteroatoms. The van der Waals surface area contributed by atoms with E-state index in [4.69, 9.17) is 5.26 Å². The normalized spacial score (nSPS) is 14.7. The smallest absolute Gasteiger partial charge is 0.234 e. The molecule has 1 fully saturated rings. The predicted molar refractivity (Wildman–Crippen MR) is 88.3 cm³/mol. The van der Waals surface area contributed by atoms with Crippen LogP contribution in [0.1, 0.15) is 50.5 Å². The third-order valence-corrected chi connectivity index (χ3v) is 4.14. The van der Waals surface area contributed by atoms with Gasteiger partial charge in [-0.1, -0.05) is 31.4 Å². The predicted octanol–water partition coefficient (Wildman–Crippen LogP) is 3.13. The Balaban J connectivity index is 1.82. The van der Waals surface area contributed by atoms with Gasteiger partial charge in [-0.15, -0.1) is 0 Å². The number of hydrogen-bond donors (Lipinski definition) is 2. The molecule has 122 valence electrons. The summed E-state index contributed by atoms with van der Waals surface area (Å²) < 4.78 is 0. The third-order valence-electron chi connectivity index (χ3n) is 4.14. The van der Waals surface area contributed by atoms with E-state index in [0.29, 0.717) is 18.9 Å². The van der Waals surface area contributed by atoms with Crippen molar-refractivity contribution in [2.24, 2.45) is 5.92 Å². The first kappa shape index (κ1) is 17.0. The lowest BCUT2D eigenvalue weighted by molar-refractivity contribution is -0.120. The molecule has 5 nitrogen and oxygen atoms in total. The van der Waals surface area contributed by atoms with E-state index in [1.165, 1.54) is 19.3 Å². The summed E-state index contributed by atoms with van der Waals surface area (Å²) in [5.41, 5.74) is 1.64. The van der Waals surface area contributed by atoms with E-state index in [0.717, 1.165) is 24.1 Å². The summed E-state index contributed by atoms with van der Waals surface area (Å²) in [6.45, 7) is 0.354. The van der Waals surface area contributed by atoms with Crippen molar-refractivity contribution in [3.8, 4) is 6.07 Å². The standard InChI is InChI=1S/C18H23N3O2/c19-10-9-17(22)20-13-15-7-4-8-16(11-15)21-18(23)12-14-5-2-1-3-6-14/h4,7-8,11,14H,1-3,5-6,9,12-13H2,(H,20,22)(H,21,23). The molecule has 0 atom stereocenters. The number of nitrogens with zero attached hydrogens (tertiary/aromatic N) is 1. The Morgan fingerprint density at radius 2 is 1.96 bits per heavy atom. The Bertz CT molecular complexity index is 586. The summed E-state index contributed by atoms with van der Waals surface area (Å²) >= 11 is 0. The molecule has 0 unspecified atom stereocenters. The fourth-order valence-corrected chi connectivity index (χ4v) is 2.96. The van der Waals surface area contributed by atoms with Gasteiger partial charge in [0.1, 0.15) is 6.42 Å². The van der Waals surface area contributed by atoms with Crippen molar-refractivity contribution < 1.29 is 9.59 Å². The molecule has 1 aromatic rings.